The number of likely N-dealkylation sites (tertiary alicyclic amines) is 1. The number of fused-ring (bicyclic) bond motifs is 5. The minimum absolute atomic E-state index is 0.120. The third-order valence-electron chi connectivity index (χ3n) is 7.08. The molecular formula is C29H34N6O5. The van der Waals surface area contributed by atoms with E-state index in [9.17, 15) is 14.4 Å². The van der Waals surface area contributed by atoms with Crippen molar-refractivity contribution in [3.8, 4) is 11.5 Å². The van der Waals surface area contributed by atoms with Crippen LogP contribution in [0.4, 0.5) is 5.82 Å². The number of amides is 3. The lowest BCUT2D eigenvalue weighted by Gasteiger charge is -2.38. The van der Waals surface area contributed by atoms with Crippen LogP contribution in [0.1, 0.15) is 27.9 Å². The molecule has 0 aliphatic carbocycles. The molecule has 1 aromatic heterocycles. The monoisotopic (exact) mass is 546 g/mol. The molecule has 2 aliphatic heterocycles. The Morgan fingerprint density at radius 3 is 2.80 bits per heavy atom. The first-order chi connectivity index (χ1) is 19.2. The van der Waals surface area contributed by atoms with Crippen LogP contribution in [-0.4, -0.2) is 82.7 Å². The molecule has 3 amide bonds. The average molecular weight is 547 g/mol. The van der Waals surface area contributed by atoms with E-state index in [0.717, 1.165) is 11.1 Å². The number of likely N-dealkylation sites (N-methyl/N-ethyl adjacent to an activating group) is 1. The van der Waals surface area contributed by atoms with Gasteiger partial charge in [0.2, 0.25) is 11.8 Å². The van der Waals surface area contributed by atoms with Gasteiger partial charge < -0.3 is 25.0 Å². The number of benzene rings is 2. The first-order valence-corrected chi connectivity index (χ1v) is 13.3. The van der Waals surface area contributed by atoms with Crippen molar-refractivity contribution >= 4 is 23.5 Å². The van der Waals surface area contributed by atoms with Gasteiger partial charge in [0.05, 0.1) is 31.8 Å². The van der Waals surface area contributed by atoms with Gasteiger partial charge >= 0.3 is 0 Å². The van der Waals surface area contributed by atoms with Crippen molar-refractivity contribution in [1.82, 2.24) is 24.9 Å². The average Bonchev–Trinajstić information content (AvgIpc) is 3.32. The summed E-state index contributed by atoms with van der Waals surface area (Å²) in [5.41, 5.74) is 2.25. The molecule has 11 nitrogen and oxygen atoms in total. The van der Waals surface area contributed by atoms with Gasteiger partial charge in [0.25, 0.3) is 5.91 Å². The lowest BCUT2D eigenvalue weighted by Crippen LogP contribution is -2.58. The van der Waals surface area contributed by atoms with Gasteiger partial charge in [-0.05, 0) is 48.7 Å². The molecule has 3 aromatic rings. The molecule has 0 saturated carbocycles. The third-order valence-corrected chi connectivity index (χ3v) is 7.08. The zero-order chi connectivity index (χ0) is 28.2. The molecule has 40 heavy (non-hydrogen) atoms. The van der Waals surface area contributed by atoms with E-state index in [4.69, 9.17) is 9.47 Å². The number of piperidine rings is 1. The molecular weight excluding hydrogens is 512 g/mol. The van der Waals surface area contributed by atoms with Gasteiger partial charge in [0.15, 0.2) is 5.82 Å². The highest BCUT2D eigenvalue weighted by Crippen LogP contribution is 2.28. The summed E-state index contributed by atoms with van der Waals surface area (Å²) in [6.45, 7) is 3.34. The zero-order valence-corrected chi connectivity index (χ0v) is 22.9. The van der Waals surface area contributed by atoms with E-state index in [2.05, 4.69) is 15.7 Å². The molecule has 2 N–H and O–H groups in total. The predicted octanol–water partition coefficient (Wildman–Crippen LogP) is 2.32. The van der Waals surface area contributed by atoms with Gasteiger partial charge in [0, 0.05) is 45.0 Å². The fourth-order valence-corrected chi connectivity index (χ4v) is 4.98. The number of ether oxygens (including phenoxy) is 2. The molecule has 2 aliphatic rings. The van der Waals surface area contributed by atoms with Crippen LogP contribution < -0.4 is 15.4 Å². The third kappa shape index (κ3) is 6.67. The minimum Gasteiger partial charge on any atom is -0.457 e. The number of rotatable bonds is 3. The maximum absolute atomic E-state index is 13.1. The number of hydrogen-bond acceptors (Lipinski definition) is 7. The molecule has 11 heteroatoms. The van der Waals surface area contributed by atoms with Crippen molar-refractivity contribution in [1.29, 1.82) is 0 Å². The van der Waals surface area contributed by atoms with E-state index in [0.29, 0.717) is 49.0 Å². The molecule has 4 bridgehead atoms. The molecule has 3 heterocycles. The van der Waals surface area contributed by atoms with Crippen molar-refractivity contribution < 1.29 is 23.9 Å². The van der Waals surface area contributed by atoms with Crippen molar-refractivity contribution in [2.24, 2.45) is 7.05 Å². The topological polar surface area (TPSA) is 118 Å². The van der Waals surface area contributed by atoms with Crippen LogP contribution in [0.15, 0.2) is 54.7 Å². The molecule has 0 radical (unpaired) electrons. The Morgan fingerprint density at radius 1 is 1.15 bits per heavy atom. The number of aromatic nitrogens is 2. The van der Waals surface area contributed by atoms with Gasteiger partial charge in [0.1, 0.15) is 11.5 Å². The molecule has 210 valence electrons. The Morgan fingerprint density at radius 2 is 2.00 bits per heavy atom. The highest BCUT2D eigenvalue weighted by molar-refractivity contribution is 5.97. The van der Waals surface area contributed by atoms with Gasteiger partial charge in [-0.25, -0.2) is 0 Å². The second kappa shape index (κ2) is 11.9. The summed E-state index contributed by atoms with van der Waals surface area (Å²) in [6.07, 6.45) is 2.11. The van der Waals surface area contributed by atoms with Crippen molar-refractivity contribution in [2.45, 2.75) is 32.1 Å². The van der Waals surface area contributed by atoms with E-state index in [-0.39, 0.29) is 43.0 Å². The Balaban J connectivity index is 1.34. The van der Waals surface area contributed by atoms with Gasteiger partial charge in [-0.3, -0.25) is 24.0 Å². The van der Waals surface area contributed by atoms with E-state index in [1.807, 2.05) is 42.2 Å². The highest BCUT2D eigenvalue weighted by atomic mass is 16.5. The number of aryl methyl sites for hydroxylation is 2. The van der Waals surface area contributed by atoms with Gasteiger partial charge in [-0.2, -0.15) is 5.10 Å². The first kappa shape index (κ1) is 27.4. The summed E-state index contributed by atoms with van der Waals surface area (Å²) in [7, 11) is 3.38. The molecule has 2 aromatic carbocycles. The number of hydrogen-bond donors (Lipinski definition) is 2. The number of nitrogens with one attached hydrogen (secondary N) is 2. The zero-order valence-electron chi connectivity index (χ0n) is 22.9. The fraction of sp³-hybridized carbons (Fsp3) is 0.379. The largest absolute Gasteiger partial charge is 0.457 e. The van der Waals surface area contributed by atoms with Crippen molar-refractivity contribution in [3.63, 3.8) is 0 Å². The van der Waals surface area contributed by atoms with E-state index in [1.165, 1.54) is 4.90 Å². The van der Waals surface area contributed by atoms with Crippen molar-refractivity contribution in [2.75, 3.05) is 38.5 Å². The van der Waals surface area contributed by atoms with Crippen LogP contribution in [-0.2, 0) is 28.0 Å². The maximum Gasteiger partial charge on any atom is 0.254 e. The summed E-state index contributed by atoms with van der Waals surface area (Å²) in [5.74, 6) is 0.943. The van der Waals surface area contributed by atoms with Crippen LogP contribution in [0, 0.1) is 6.92 Å². The van der Waals surface area contributed by atoms with Crippen LogP contribution >= 0.6 is 0 Å². The second-order valence-corrected chi connectivity index (χ2v) is 10.4. The predicted molar refractivity (Wildman–Crippen MR) is 148 cm³/mol. The summed E-state index contributed by atoms with van der Waals surface area (Å²) in [5, 5.41) is 10.1. The quantitative estimate of drug-likeness (QED) is 0.518. The van der Waals surface area contributed by atoms with Crippen molar-refractivity contribution in [3.05, 3.63) is 71.4 Å². The smallest absolute Gasteiger partial charge is 0.254 e. The van der Waals surface area contributed by atoms with E-state index in [1.54, 1.807) is 43.2 Å². The summed E-state index contributed by atoms with van der Waals surface area (Å²) >= 11 is 0. The lowest BCUT2D eigenvalue weighted by atomic mass is 10.0. The Kier molecular flexibility index (Phi) is 8.13. The summed E-state index contributed by atoms with van der Waals surface area (Å²) in [6, 6.07) is 14.3. The fourth-order valence-electron chi connectivity index (χ4n) is 4.98. The molecule has 1 saturated heterocycles. The molecule has 0 unspecified atom stereocenters. The number of nitrogens with zero attached hydrogens (tertiary/aromatic N) is 4. The van der Waals surface area contributed by atoms with Gasteiger partial charge in [-0.15, -0.1) is 0 Å². The highest BCUT2D eigenvalue weighted by Gasteiger charge is 2.32. The standard InChI is InChI=1S/C29H34N6O5/c1-19-7-8-21-14-25(19)40-22-6-4-5-20(13-22)18-39-24-9-12-35(17-28(37)31-26-10-11-34(3)32-26)15-23(24)30-27(36)16-33(2)29(21)38/h4-8,10-11,13-14,23-24H,9,12,15-18H2,1-3H3,(H,30,36)(H,31,32,37)/t23-,24+/m0/s1. The maximum atomic E-state index is 13.1. The molecule has 1 fully saturated rings. The summed E-state index contributed by atoms with van der Waals surface area (Å²) < 4.78 is 14.1. The lowest BCUT2D eigenvalue weighted by molar-refractivity contribution is -0.125. The van der Waals surface area contributed by atoms with Crippen LogP contribution in [0.3, 0.4) is 0 Å². The van der Waals surface area contributed by atoms with E-state index >= 15 is 0 Å². The minimum atomic E-state index is -0.370. The number of anilines is 1. The second-order valence-electron chi connectivity index (χ2n) is 10.4. The number of carbonyl (C=O) groups is 3. The Hall–Kier alpha value is -4.22. The van der Waals surface area contributed by atoms with Crippen LogP contribution in [0.5, 0.6) is 11.5 Å². The number of carbonyl (C=O) groups excluding carboxylic acids is 3. The normalized spacial score (nSPS) is 20.3. The molecule has 5 rings (SSSR count). The summed E-state index contributed by atoms with van der Waals surface area (Å²) in [4.78, 5) is 42.2. The van der Waals surface area contributed by atoms with E-state index < -0.39 is 0 Å². The van der Waals surface area contributed by atoms with Crippen LogP contribution in [0.25, 0.3) is 0 Å². The molecule has 0 spiro atoms. The molecule has 2 atom stereocenters. The Labute approximate surface area is 233 Å². The van der Waals surface area contributed by atoms with Crippen LogP contribution in [0.2, 0.25) is 0 Å². The Bertz CT molecular complexity index is 1410. The first-order valence-electron chi connectivity index (χ1n) is 13.3. The van der Waals surface area contributed by atoms with Gasteiger partial charge in [-0.1, -0.05) is 18.2 Å². The SMILES string of the molecule is Cc1ccc2cc1Oc1cccc(c1)CO[C@@H]1CCN(CC(=O)Nc3ccn(C)n3)C[C@@H]1NC(=O)CN(C)C2=O.